The fourth-order valence-corrected chi connectivity index (χ4v) is 5.63. The Morgan fingerprint density at radius 3 is 2.44 bits per heavy atom. The first kappa shape index (κ1) is 24.7. The van der Waals surface area contributed by atoms with Gasteiger partial charge in [0.2, 0.25) is 10.0 Å². The molecule has 0 radical (unpaired) electrons. The zero-order valence-corrected chi connectivity index (χ0v) is 19.5. The quantitative estimate of drug-likeness (QED) is 0.389. The van der Waals surface area contributed by atoms with E-state index >= 15 is 0 Å². The van der Waals surface area contributed by atoms with Crippen molar-refractivity contribution in [1.29, 1.82) is 0 Å². The fraction of sp³-hybridized carbons (Fsp3) is 0.273. The first-order chi connectivity index (χ1) is 15.0. The van der Waals surface area contributed by atoms with Crippen LogP contribution in [0.5, 0.6) is 0 Å². The Hall–Kier alpha value is -1.91. The lowest BCUT2D eigenvalue weighted by molar-refractivity contribution is -0.137. The number of halogens is 4. The zero-order chi connectivity index (χ0) is 23.4. The molecule has 1 aromatic heterocycles. The molecule has 0 aliphatic carbocycles. The SMILES string of the molecule is CC(CNS(=O)(=O)c1ccc(CNCc2cccc(C(F)(F)F)c2)s1)c1ccc(Cl)cc1. The maximum atomic E-state index is 12.8. The molecule has 1 unspecified atom stereocenters. The minimum Gasteiger partial charge on any atom is -0.308 e. The Labute approximate surface area is 194 Å². The maximum Gasteiger partial charge on any atom is 0.416 e. The number of rotatable bonds is 9. The molecule has 0 aliphatic heterocycles. The summed E-state index contributed by atoms with van der Waals surface area (Å²) < 4.78 is 66.5. The van der Waals surface area contributed by atoms with Gasteiger partial charge in [0.1, 0.15) is 4.21 Å². The summed E-state index contributed by atoms with van der Waals surface area (Å²) in [6.07, 6.45) is -4.38. The third-order valence-electron chi connectivity index (χ3n) is 4.80. The van der Waals surface area contributed by atoms with Crippen LogP contribution in [0.2, 0.25) is 5.02 Å². The Kier molecular flexibility index (Phi) is 8.00. The van der Waals surface area contributed by atoms with Crippen LogP contribution in [0.1, 0.15) is 34.4 Å². The van der Waals surface area contributed by atoms with E-state index < -0.39 is 21.8 Å². The van der Waals surface area contributed by atoms with Gasteiger partial charge in [-0.15, -0.1) is 11.3 Å². The molecule has 4 nitrogen and oxygen atoms in total. The van der Waals surface area contributed by atoms with Crippen molar-refractivity contribution in [2.24, 2.45) is 0 Å². The van der Waals surface area contributed by atoms with Crippen molar-refractivity contribution in [1.82, 2.24) is 10.0 Å². The molecule has 2 N–H and O–H groups in total. The predicted octanol–water partition coefficient (Wildman–Crippen LogP) is 5.79. The lowest BCUT2D eigenvalue weighted by atomic mass is 10.0. The highest BCUT2D eigenvalue weighted by Gasteiger charge is 2.30. The molecule has 172 valence electrons. The van der Waals surface area contributed by atoms with E-state index in [0.29, 0.717) is 17.1 Å². The molecular weight excluding hydrogens is 481 g/mol. The Balaban J connectivity index is 1.53. The third-order valence-corrected chi connectivity index (χ3v) is 8.06. The van der Waals surface area contributed by atoms with Crippen molar-refractivity contribution in [2.75, 3.05) is 6.54 Å². The largest absolute Gasteiger partial charge is 0.416 e. The molecule has 0 saturated carbocycles. The smallest absolute Gasteiger partial charge is 0.308 e. The van der Waals surface area contributed by atoms with Crippen molar-refractivity contribution in [3.05, 3.63) is 87.3 Å². The molecule has 0 saturated heterocycles. The minimum absolute atomic E-state index is 0.0318. The van der Waals surface area contributed by atoms with Crippen LogP contribution in [0.4, 0.5) is 13.2 Å². The standard InChI is InChI=1S/C22H22ClF3N2O2S2/c1-15(17-5-7-19(23)8-6-17)12-28-32(29,30)21-10-9-20(31-21)14-27-13-16-3-2-4-18(11-16)22(24,25)26/h2-11,15,27-28H,12-14H2,1H3. The summed E-state index contributed by atoms with van der Waals surface area (Å²) in [5, 5.41) is 3.67. The van der Waals surface area contributed by atoms with E-state index in [1.54, 1.807) is 24.3 Å². The lowest BCUT2D eigenvalue weighted by Gasteiger charge is -2.13. The molecule has 1 atom stereocenters. The molecule has 32 heavy (non-hydrogen) atoms. The van der Waals surface area contributed by atoms with Gasteiger partial charge in [0.15, 0.2) is 0 Å². The summed E-state index contributed by atoms with van der Waals surface area (Å²) in [5.74, 6) is -0.0318. The van der Waals surface area contributed by atoms with Crippen LogP contribution in [-0.2, 0) is 29.3 Å². The van der Waals surface area contributed by atoms with Gasteiger partial charge in [-0.25, -0.2) is 13.1 Å². The van der Waals surface area contributed by atoms with Gasteiger partial charge in [0, 0.05) is 29.5 Å². The number of sulfonamides is 1. The Morgan fingerprint density at radius 2 is 1.75 bits per heavy atom. The van der Waals surface area contributed by atoms with Crippen molar-refractivity contribution in [3.8, 4) is 0 Å². The molecule has 10 heteroatoms. The van der Waals surface area contributed by atoms with E-state index in [0.717, 1.165) is 33.9 Å². The molecule has 3 rings (SSSR count). The third kappa shape index (κ3) is 6.79. The first-order valence-electron chi connectivity index (χ1n) is 9.75. The van der Waals surface area contributed by atoms with Crippen LogP contribution >= 0.6 is 22.9 Å². The number of hydrogen-bond donors (Lipinski definition) is 2. The Morgan fingerprint density at radius 1 is 1.03 bits per heavy atom. The van der Waals surface area contributed by atoms with Crippen LogP contribution in [0.3, 0.4) is 0 Å². The van der Waals surface area contributed by atoms with Crippen LogP contribution in [-0.4, -0.2) is 15.0 Å². The second-order valence-corrected chi connectivity index (χ2v) is 10.9. The van der Waals surface area contributed by atoms with E-state index in [1.807, 2.05) is 19.1 Å². The highest BCUT2D eigenvalue weighted by molar-refractivity contribution is 7.91. The van der Waals surface area contributed by atoms with Crippen LogP contribution in [0, 0.1) is 0 Å². The van der Waals surface area contributed by atoms with Gasteiger partial charge < -0.3 is 5.32 Å². The predicted molar refractivity (Wildman–Crippen MR) is 121 cm³/mol. The van der Waals surface area contributed by atoms with Crippen molar-refractivity contribution in [3.63, 3.8) is 0 Å². The zero-order valence-electron chi connectivity index (χ0n) is 17.1. The second kappa shape index (κ2) is 10.4. The molecule has 0 bridgehead atoms. The summed E-state index contributed by atoms with van der Waals surface area (Å²) in [5.41, 5.74) is 0.782. The highest BCUT2D eigenvalue weighted by atomic mass is 35.5. The summed E-state index contributed by atoms with van der Waals surface area (Å²) >= 11 is 7.01. The number of benzene rings is 2. The van der Waals surface area contributed by atoms with Gasteiger partial charge >= 0.3 is 6.18 Å². The van der Waals surface area contributed by atoms with E-state index in [9.17, 15) is 21.6 Å². The Bertz CT molecular complexity index is 1150. The summed E-state index contributed by atoms with van der Waals surface area (Å²) in [6.45, 7) is 2.74. The van der Waals surface area contributed by atoms with Crippen molar-refractivity contribution in [2.45, 2.75) is 36.3 Å². The van der Waals surface area contributed by atoms with E-state index in [-0.39, 0.29) is 23.2 Å². The van der Waals surface area contributed by atoms with Gasteiger partial charge in [-0.1, -0.05) is 48.9 Å². The van der Waals surface area contributed by atoms with Gasteiger partial charge in [0.05, 0.1) is 5.56 Å². The van der Waals surface area contributed by atoms with Gasteiger partial charge in [-0.3, -0.25) is 0 Å². The van der Waals surface area contributed by atoms with Crippen molar-refractivity contribution >= 4 is 33.0 Å². The highest BCUT2D eigenvalue weighted by Crippen LogP contribution is 2.29. The van der Waals surface area contributed by atoms with Crippen LogP contribution < -0.4 is 10.0 Å². The maximum absolute atomic E-state index is 12.8. The topological polar surface area (TPSA) is 58.2 Å². The number of nitrogens with one attached hydrogen (secondary N) is 2. The molecule has 3 aromatic rings. The molecule has 2 aromatic carbocycles. The molecule has 0 amide bonds. The molecule has 0 spiro atoms. The van der Waals surface area contributed by atoms with Gasteiger partial charge in [-0.2, -0.15) is 13.2 Å². The minimum atomic E-state index is -4.38. The van der Waals surface area contributed by atoms with E-state index in [2.05, 4.69) is 10.0 Å². The molecule has 1 heterocycles. The van der Waals surface area contributed by atoms with Crippen molar-refractivity contribution < 1.29 is 21.6 Å². The van der Waals surface area contributed by atoms with Crippen LogP contribution in [0.15, 0.2) is 64.9 Å². The first-order valence-corrected chi connectivity index (χ1v) is 12.4. The van der Waals surface area contributed by atoms with Gasteiger partial charge in [0.25, 0.3) is 0 Å². The number of hydrogen-bond acceptors (Lipinski definition) is 4. The van der Waals surface area contributed by atoms with Gasteiger partial charge in [-0.05, 0) is 47.4 Å². The number of alkyl halides is 3. The van der Waals surface area contributed by atoms with Crippen LogP contribution in [0.25, 0.3) is 0 Å². The van der Waals surface area contributed by atoms with E-state index in [4.69, 9.17) is 11.6 Å². The summed E-state index contributed by atoms with van der Waals surface area (Å²) in [4.78, 5) is 0.767. The van der Waals surface area contributed by atoms with E-state index in [1.165, 1.54) is 12.1 Å². The lowest BCUT2D eigenvalue weighted by Crippen LogP contribution is -2.27. The average molecular weight is 503 g/mol. The monoisotopic (exact) mass is 502 g/mol. The summed E-state index contributed by atoms with van der Waals surface area (Å²) in [6, 6.07) is 15.6. The number of thiophene rings is 1. The molecule has 0 aliphatic rings. The second-order valence-electron chi connectivity index (χ2n) is 7.33. The normalized spacial score (nSPS) is 13.3. The molecule has 0 fully saturated rings. The summed E-state index contributed by atoms with van der Waals surface area (Å²) in [7, 11) is -3.66. The fourth-order valence-electron chi connectivity index (χ4n) is 3.00. The average Bonchev–Trinajstić information content (AvgIpc) is 3.22. The molecular formula is C22H22ClF3N2O2S2.